The van der Waals surface area contributed by atoms with Crippen LogP contribution in [0.15, 0.2) is 24.3 Å². The van der Waals surface area contributed by atoms with Gasteiger partial charge in [-0.25, -0.2) is 9.48 Å². The molecule has 0 aliphatic rings. The van der Waals surface area contributed by atoms with Crippen LogP contribution >= 0.6 is 34.8 Å². The third kappa shape index (κ3) is 5.79. The van der Waals surface area contributed by atoms with Gasteiger partial charge in [-0.2, -0.15) is 5.10 Å². The molecular weight excluding hydrogens is 397 g/mol. The molecule has 8 heteroatoms. The van der Waals surface area contributed by atoms with Crippen LogP contribution in [0.4, 0.5) is 10.6 Å². The molecule has 1 N–H and O–H groups in total. The second-order valence-electron chi connectivity index (χ2n) is 7.24. The fourth-order valence-corrected chi connectivity index (χ4v) is 2.56. The molecule has 0 spiro atoms. The van der Waals surface area contributed by atoms with Crippen molar-refractivity contribution >= 4 is 46.7 Å². The number of hydrogen-bond acceptors (Lipinski definition) is 3. The van der Waals surface area contributed by atoms with Gasteiger partial charge in [0.2, 0.25) is 3.79 Å². The third-order valence-electron chi connectivity index (χ3n) is 3.53. The number of carbonyl (C=O) groups is 1. The standard InChI is InChI=1S/C18H22Cl3N3O2/c1-11-6-12(2)8-13(7-11)24-15(9-14(23-24)17(3,4)5)22-16(25)26-10-18(19,20)21/h6-9H,10H2,1-5H3,(H,22,25). The van der Waals surface area contributed by atoms with Gasteiger partial charge in [0.25, 0.3) is 0 Å². The van der Waals surface area contributed by atoms with Crippen molar-refractivity contribution in [2.45, 2.75) is 43.8 Å². The van der Waals surface area contributed by atoms with Gasteiger partial charge in [-0.15, -0.1) is 0 Å². The number of carbonyl (C=O) groups excluding carboxylic acids is 1. The second kappa shape index (κ2) is 7.67. The zero-order chi connectivity index (χ0) is 19.7. The Bertz CT molecular complexity index is 785. The van der Waals surface area contributed by atoms with Crippen LogP contribution < -0.4 is 5.32 Å². The number of nitrogens with zero attached hydrogens (tertiary/aromatic N) is 2. The predicted octanol–water partition coefficient (Wildman–Crippen LogP) is 5.71. The number of aryl methyl sites for hydroxylation is 2. The smallest absolute Gasteiger partial charge is 0.412 e. The minimum absolute atomic E-state index is 0.192. The number of ether oxygens (including phenoxy) is 1. The molecule has 2 aromatic rings. The molecule has 0 radical (unpaired) electrons. The molecule has 0 aliphatic heterocycles. The van der Waals surface area contributed by atoms with Gasteiger partial charge >= 0.3 is 6.09 Å². The van der Waals surface area contributed by atoms with Crippen LogP contribution in [-0.4, -0.2) is 26.3 Å². The van der Waals surface area contributed by atoms with Gasteiger partial charge in [-0.1, -0.05) is 61.6 Å². The summed E-state index contributed by atoms with van der Waals surface area (Å²) in [6.45, 7) is 9.80. The molecule has 1 amide bonds. The van der Waals surface area contributed by atoms with Crippen LogP contribution in [0.25, 0.3) is 5.69 Å². The van der Waals surface area contributed by atoms with Crippen molar-refractivity contribution in [1.29, 1.82) is 0 Å². The van der Waals surface area contributed by atoms with E-state index < -0.39 is 9.89 Å². The Morgan fingerprint density at radius 2 is 1.69 bits per heavy atom. The molecule has 142 valence electrons. The van der Waals surface area contributed by atoms with Crippen LogP contribution in [-0.2, 0) is 10.2 Å². The number of alkyl halides is 3. The molecule has 0 bridgehead atoms. The number of aromatic nitrogens is 2. The highest BCUT2D eigenvalue weighted by Crippen LogP contribution is 2.28. The van der Waals surface area contributed by atoms with Crippen molar-refractivity contribution in [3.63, 3.8) is 0 Å². The predicted molar refractivity (Wildman–Crippen MR) is 107 cm³/mol. The fourth-order valence-electron chi connectivity index (χ4n) is 2.39. The summed E-state index contributed by atoms with van der Waals surface area (Å²) in [7, 11) is 0. The summed E-state index contributed by atoms with van der Waals surface area (Å²) in [5.41, 5.74) is 3.67. The Labute approximate surface area is 168 Å². The van der Waals surface area contributed by atoms with Crippen LogP contribution in [0.3, 0.4) is 0 Å². The van der Waals surface area contributed by atoms with Gasteiger partial charge in [0.15, 0.2) is 0 Å². The highest BCUT2D eigenvalue weighted by molar-refractivity contribution is 6.67. The second-order valence-corrected chi connectivity index (χ2v) is 9.75. The molecule has 0 aliphatic carbocycles. The van der Waals surface area contributed by atoms with E-state index in [4.69, 9.17) is 39.5 Å². The van der Waals surface area contributed by atoms with Crippen molar-refractivity contribution in [2.75, 3.05) is 11.9 Å². The van der Waals surface area contributed by atoms with Crippen LogP contribution in [0.1, 0.15) is 37.6 Å². The molecule has 0 saturated heterocycles. The average Bonchev–Trinajstić information content (AvgIpc) is 2.87. The number of benzene rings is 1. The summed E-state index contributed by atoms with van der Waals surface area (Å²) in [5, 5.41) is 7.34. The first-order valence-electron chi connectivity index (χ1n) is 8.05. The summed E-state index contributed by atoms with van der Waals surface area (Å²) >= 11 is 16.8. The maximum atomic E-state index is 12.1. The Morgan fingerprint density at radius 3 is 2.19 bits per heavy atom. The first-order valence-corrected chi connectivity index (χ1v) is 9.18. The number of anilines is 1. The molecule has 1 aromatic heterocycles. The monoisotopic (exact) mass is 417 g/mol. The van der Waals surface area contributed by atoms with Crippen LogP contribution in [0, 0.1) is 13.8 Å². The summed E-state index contributed by atoms with van der Waals surface area (Å²) in [4.78, 5) is 12.1. The van der Waals surface area contributed by atoms with Crippen molar-refractivity contribution < 1.29 is 9.53 Å². The number of nitrogens with one attached hydrogen (secondary N) is 1. The minimum atomic E-state index is -1.66. The van der Waals surface area contributed by atoms with E-state index >= 15 is 0 Å². The molecular formula is C18H22Cl3N3O2. The minimum Gasteiger partial charge on any atom is -0.445 e. The topological polar surface area (TPSA) is 56.2 Å². The molecule has 2 rings (SSSR count). The zero-order valence-electron chi connectivity index (χ0n) is 15.4. The molecule has 26 heavy (non-hydrogen) atoms. The molecule has 0 atom stereocenters. The molecule has 0 fully saturated rings. The van der Waals surface area contributed by atoms with E-state index in [1.54, 1.807) is 4.68 Å². The number of hydrogen-bond donors (Lipinski definition) is 1. The van der Waals surface area contributed by atoms with Crippen molar-refractivity contribution in [3.05, 3.63) is 41.1 Å². The van der Waals surface area contributed by atoms with Gasteiger partial charge in [-0.3, -0.25) is 5.32 Å². The first kappa shape index (κ1) is 20.9. The van der Waals surface area contributed by atoms with E-state index in [2.05, 4.69) is 16.5 Å². The van der Waals surface area contributed by atoms with Crippen LogP contribution in [0.2, 0.25) is 0 Å². The lowest BCUT2D eigenvalue weighted by molar-refractivity contribution is 0.163. The molecule has 5 nitrogen and oxygen atoms in total. The van der Waals surface area contributed by atoms with E-state index in [-0.39, 0.29) is 12.0 Å². The average molecular weight is 419 g/mol. The maximum absolute atomic E-state index is 12.1. The molecule has 1 aromatic carbocycles. The van der Waals surface area contributed by atoms with Gasteiger partial charge in [0, 0.05) is 11.5 Å². The Morgan fingerprint density at radius 1 is 1.12 bits per heavy atom. The summed E-state index contributed by atoms with van der Waals surface area (Å²) in [6.07, 6.45) is -0.720. The van der Waals surface area contributed by atoms with Crippen molar-refractivity contribution in [1.82, 2.24) is 9.78 Å². The van der Waals surface area contributed by atoms with E-state index in [0.29, 0.717) is 5.82 Å². The van der Waals surface area contributed by atoms with Crippen molar-refractivity contribution in [3.8, 4) is 5.69 Å². The van der Waals surface area contributed by atoms with E-state index in [1.165, 1.54) is 0 Å². The third-order valence-corrected chi connectivity index (χ3v) is 3.85. The lowest BCUT2D eigenvalue weighted by Crippen LogP contribution is -2.22. The Hall–Kier alpha value is -1.43. The lowest BCUT2D eigenvalue weighted by Gasteiger charge is -2.14. The zero-order valence-corrected chi connectivity index (χ0v) is 17.6. The number of amides is 1. The van der Waals surface area contributed by atoms with E-state index in [0.717, 1.165) is 22.5 Å². The quantitative estimate of drug-likeness (QED) is 0.650. The van der Waals surface area contributed by atoms with Gasteiger partial charge in [0.1, 0.15) is 12.4 Å². The first-order chi connectivity index (χ1) is 11.8. The lowest BCUT2D eigenvalue weighted by atomic mass is 9.92. The van der Waals surface area contributed by atoms with Crippen molar-refractivity contribution in [2.24, 2.45) is 0 Å². The summed E-state index contributed by atoms with van der Waals surface area (Å²) in [5.74, 6) is 0.481. The SMILES string of the molecule is Cc1cc(C)cc(-n2nc(C(C)(C)C)cc2NC(=O)OCC(Cl)(Cl)Cl)c1. The van der Waals surface area contributed by atoms with Gasteiger partial charge in [-0.05, 0) is 37.1 Å². The molecule has 0 unspecified atom stereocenters. The van der Waals surface area contributed by atoms with Gasteiger partial charge < -0.3 is 4.74 Å². The van der Waals surface area contributed by atoms with E-state index in [1.807, 2.05) is 52.8 Å². The highest BCUT2D eigenvalue weighted by Gasteiger charge is 2.24. The normalized spacial score (nSPS) is 12.2. The molecule has 0 saturated carbocycles. The van der Waals surface area contributed by atoms with Crippen LogP contribution in [0.5, 0.6) is 0 Å². The summed E-state index contributed by atoms with van der Waals surface area (Å²) in [6, 6.07) is 7.86. The Kier molecular flexibility index (Phi) is 6.16. The molecule has 1 heterocycles. The fraction of sp³-hybridized carbons (Fsp3) is 0.444. The van der Waals surface area contributed by atoms with E-state index in [9.17, 15) is 4.79 Å². The largest absolute Gasteiger partial charge is 0.445 e. The highest BCUT2D eigenvalue weighted by atomic mass is 35.6. The number of halogens is 3. The number of rotatable bonds is 3. The van der Waals surface area contributed by atoms with Gasteiger partial charge in [0.05, 0.1) is 11.4 Å². The summed E-state index contributed by atoms with van der Waals surface area (Å²) < 4.78 is 4.97. The Balaban J connectivity index is 2.38. The maximum Gasteiger partial charge on any atom is 0.412 e.